The molecule has 118 valence electrons. The van der Waals surface area contributed by atoms with Gasteiger partial charge in [0.25, 0.3) is 0 Å². The minimum absolute atomic E-state index is 0.522. The highest BCUT2D eigenvalue weighted by atomic mass is 16.5. The maximum Gasteiger partial charge on any atom is 0.223 e. The van der Waals surface area contributed by atoms with Gasteiger partial charge in [-0.05, 0) is 30.0 Å². The van der Waals surface area contributed by atoms with Crippen LogP contribution in [-0.4, -0.2) is 19.0 Å². The molecule has 0 amide bonds. The lowest BCUT2D eigenvalue weighted by atomic mass is 10.0. The zero-order chi connectivity index (χ0) is 16.3. The van der Waals surface area contributed by atoms with Crippen LogP contribution in [0.3, 0.4) is 0 Å². The SMILES string of the molecule is Cc1ccc2c(c1)CC1(C=Nc3c(ccc4ccccc34)O1)N2C. The molecule has 0 N–H and O–H groups in total. The molecular formula is C21H18N2O. The Morgan fingerprint density at radius 1 is 1.08 bits per heavy atom. The predicted molar refractivity (Wildman–Crippen MR) is 98.7 cm³/mol. The van der Waals surface area contributed by atoms with Crippen molar-refractivity contribution in [2.75, 3.05) is 11.9 Å². The molecule has 24 heavy (non-hydrogen) atoms. The average Bonchev–Trinajstić information content (AvgIpc) is 2.85. The van der Waals surface area contributed by atoms with Crippen LogP contribution >= 0.6 is 0 Å². The lowest BCUT2D eigenvalue weighted by Crippen LogP contribution is -2.52. The van der Waals surface area contributed by atoms with Crippen molar-refractivity contribution >= 4 is 28.4 Å². The number of benzene rings is 3. The summed E-state index contributed by atoms with van der Waals surface area (Å²) in [5, 5.41) is 2.32. The third kappa shape index (κ3) is 1.75. The second-order valence-corrected chi connectivity index (χ2v) is 6.71. The van der Waals surface area contributed by atoms with Crippen molar-refractivity contribution in [2.24, 2.45) is 4.99 Å². The highest BCUT2D eigenvalue weighted by Crippen LogP contribution is 2.45. The second kappa shape index (κ2) is 4.60. The Bertz CT molecular complexity index is 1010. The number of aliphatic imine (C=N–C) groups is 1. The molecule has 2 aliphatic rings. The minimum atomic E-state index is -0.522. The molecule has 1 spiro atoms. The van der Waals surface area contributed by atoms with E-state index in [1.54, 1.807) is 0 Å². The van der Waals surface area contributed by atoms with Crippen molar-refractivity contribution in [2.45, 2.75) is 19.1 Å². The number of aryl methyl sites for hydroxylation is 1. The maximum atomic E-state index is 6.50. The molecule has 1 atom stereocenters. The van der Waals surface area contributed by atoms with E-state index in [1.807, 2.05) is 24.4 Å². The first-order valence-electron chi connectivity index (χ1n) is 8.26. The van der Waals surface area contributed by atoms with Gasteiger partial charge in [-0.1, -0.05) is 48.0 Å². The first-order valence-corrected chi connectivity index (χ1v) is 8.26. The van der Waals surface area contributed by atoms with E-state index in [0.29, 0.717) is 0 Å². The summed E-state index contributed by atoms with van der Waals surface area (Å²) >= 11 is 0. The van der Waals surface area contributed by atoms with E-state index in [4.69, 9.17) is 9.73 Å². The van der Waals surface area contributed by atoms with E-state index in [9.17, 15) is 0 Å². The van der Waals surface area contributed by atoms with E-state index in [-0.39, 0.29) is 0 Å². The number of hydrogen-bond acceptors (Lipinski definition) is 3. The zero-order valence-corrected chi connectivity index (χ0v) is 13.8. The Kier molecular flexibility index (Phi) is 2.61. The molecule has 3 aromatic carbocycles. The number of likely N-dealkylation sites (N-methyl/N-ethyl adjacent to an activating group) is 1. The van der Waals surface area contributed by atoms with Crippen LogP contribution in [0.1, 0.15) is 11.1 Å². The highest BCUT2D eigenvalue weighted by molar-refractivity contribution is 5.99. The van der Waals surface area contributed by atoms with E-state index < -0.39 is 5.72 Å². The fourth-order valence-corrected chi connectivity index (χ4v) is 3.85. The summed E-state index contributed by atoms with van der Waals surface area (Å²) in [7, 11) is 2.08. The van der Waals surface area contributed by atoms with Crippen molar-refractivity contribution in [3.63, 3.8) is 0 Å². The van der Waals surface area contributed by atoms with Crippen LogP contribution in [0.2, 0.25) is 0 Å². The molecule has 0 saturated carbocycles. The molecule has 0 saturated heterocycles. The van der Waals surface area contributed by atoms with Gasteiger partial charge >= 0.3 is 0 Å². The number of nitrogens with zero attached hydrogens (tertiary/aromatic N) is 2. The summed E-state index contributed by atoms with van der Waals surface area (Å²) in [5.74, 6) is 0.854. The summed E-state index contributed by atoms with van der Waals surface area (Å²) in [6.45, 7) is 2.13. The summed E-state index contributed by atoms with van der Waals surface area (Å²) in [6.07, 6.45) is 2.79. The molecule has 3 nitrogen and oxygen atoms in total. The number of fused-ring (bicyclic) bond motifs is 4. The van der Waals surface area contributed by atoms with E-state index >= 15 is 0 Å². The van der Waals surface area contributed by atoms with Gasteiger partial charge in [-0.15, -0.1) is 0 Å². The van der Waals surface area contributed by atoms with Gasteiger partial charge in [0.2, 0.25) is 5.72 Å². The monoisotopic (exact) mass is 314 g/mol. The summed E-state index contributed by atoms with van der Waals surface area (Å²) < 4.78 is 6.50. The van der Waals surface area contributed by atoms with Crippen molar-refractivity contribution in [3.8, 4) is 5.75 Å². The Morgan fingerprint density at radius 3 is 2.88 bits per heavy atom. The maximum absolute atomic E-state index is 6.50. The van der Waals surface area contributed by atoms with Gasteiger partial charge in [0.1, 0.15) is 11.4 Å². The molecule has 2 heterocycles. The Balaban J connectivity index is 1.63. The highest BCUT2D eigenvalue weighted by Gasteiger charge is 2.45. The van der Waals surface area contributed by atoms with Crippen molar-refractivity contribution < 1.29 is 4.74 Å². The molecule has 0 aromatic heterocycles. The summed E-state index contributed by atoms with van der Waals surface area (Å²) in [5.41, 5.74) is 4.22. The summed E-state index contributed by atoms with van der Waals surface area (Å²) in [6, 6.07) is 19.0. The lowest BCUT2D eigenvalue weighted by Gasteiger charge is -2.37. The molecule has 3 heteroatoms. The Morgan fingerprint density at radius 2 is 1.96 bits per heavy atom. The number of rotatable bonds is 0. The van der Waals surface area contributed by atoms with Crippen LogP contribution in [0.15, 0.2) is 59.6 Å². The zero-order valence-electron chi connectivity index (χ0n) is 13.8. The molecule has 1 unspecified atom stereocenters. The topological polar surface area (TPSA) is 24.8 Å². The van der Waals surface area contributed by atoms with Crippen molar-refractivity contribution in [3.05, 3.63) is 65.7 Å². The van der Waals surface area contributed by atoms with E-state index in [1.165, 1.54) is 22.2 Å². The first kappa shape index (κ1) is 13.6. The standard InChI is InChI=1S/C21H18N2O/c1-14-7-9-18-16(11-14)12-21(23(18)2)13-22-20-17-6-4-3-5-15(17)8-10-19(20)24-21/h3-11,13H,12H2,1-2H3. The normalized spacial score (nSPS) is 21.0. The van der Waals surface area contributed by atoms with Gasteiger partial charge < -0.3 is 9.64 Å². The van der Waals surface area contributed by atoms with Crippen LogP contribution in [0.25, 0.3) is 10.8 Å². The van der Waals surface area contributed by atoms with Crippen LogP contribution < -0.4 is 9.64 Å². The lowest BCUT2D eigenvalue weighted by molar-refractivity contribution is 0.154. The molecule has 0 fully saturated rings. The summed E-state index contributed by atoms with van der Waals surface area (Å²) in [4.78, 5) is 7.02. The molecule has 2 aliphatic heterocycles. The Labute approximate surface area is 141 Å². The number of hydrogen-bond donors (Lipinski definition) is 0. The third-order valence-electron chi connectivity index (χ3n) is 5.15. The fraction of sp³-hybridized carbons (Fsp3) is 0.190. The van der Waals surface area contributed by atoms with Gasteiger partial charge in [-0.25, -0.2) is 0 Å². The van der Waals surface area contributed by atoms with Gasteiger partial charge in [0.05, 0.1) is 6.21 Å². The van der Waals surface area contributed by atoms with Gasteiger partial charge in [-0.2, -0.15) is 0 Å². The number of ether oxygens (including phenoxy) is 1. The van der Waals surface area contributed by atoms with Crippen LogP contribution in [0.4, 0.5) is 11.4 Å². The average molecular weight is 314 g/mol. The molecule has 0 bridgehead atoms. The largest absolute Gasteiger partial charge is 0.460 e. The van der Waals surface area contributed by atoms with Crippen LogP contribution in [0, 0.1) is 6.92 Å². The van der Waals surface area contributed by atoms with Crippen molar-refractivity contribution in [1.82, 2.24) is 0 Å². The van der Waals surface area contributed by atoms with Gasteiger partial charge in [0.15, 0.2) is 0 Å². The van der Waals surface area contributed by atoms with Crippen LogP contribution in [-0.2, 0) is 6.42 Å². The van der Waals surface area contributed by atoms with E-state index in [2.05, 4.69) is 55.3 Å². The molecule has 0 radical (unpaired) electrons. The van der Waals surface area contributed by atoms with Crippen molar-refractivity contribution in [1.29, 1.82) is 0 Å². The van der Waals surface area contributed by atoms with Gasteiger partial charge in [-0.3, -0.25) is 4.99 Å². The van der Waals surface area contributed by atoms with E-state index in [0.717, 1.165) is 23.2 Å². The third-order valence-corrected chi connectivity index (χ3v) is 5.15. The number of anilines is 1. The predicted octanol–water partition coefficient (Wildman–Crippen LogP) is 4.63. The smallest absolute Gasteiger partial charge is 0.223 e. The molecule has 3 aromatic rings. The molecule has 0 aliphatic carbocycles. The van der Waals surface area contributed by atoms with Crippen LogP contribution in [0.5, 0.6) is 5.75 Å². The Hall–Kier alpha value is -2.81. The van der Waals surface area contributed by atoms with Gasteiger partial charge in [0, 0.05) is 24.5 Å². The minimum Gasteiger partial charge on any atom is -0.460 e. The quantitative estimate of drug-likeness (QED) is 0.604. The molecular weight excluding hydrogens is 296 g/mol. The molecule has 5 rings (SSSR count). The second-order valence-electron chi connectivity index (χ2n) is 6.71. The first-order chi connectivity index (χ1) is 11.7. The fourth-order valence-electron chi connectivity index (χ4n) is 3.85.